The van der Waals surface area contributed by atoms with Gasteiger partial charge < -0.3 is 4.74 Å². The summed E-state index contributed by atoms with van der Waals surface area (Å²) >= 11 is 0. The summed E-state index contributed by atoms with van der Waals surface area (Å²) in [7, 11) is 0. The summed E-state index contributed by atoms with van der Waals surface area (Å²) in [5, 5.41) is 0. The van der Waals surface area contributed by atoms with Crippen LogP contribution in [-0.4, -0.2) is 31.0 Å². The molecule has 0 radical (unpaired) electrons. The van der Waals surface area contributed by atoms with Gasteiger partial charge in [0.15, 0.2) is 0 Å². The van der Waals surface area contributed by atoms with Gasteiger partial charge in [-0.2, -0.15) is 26.3 Å². The molecule has 12 heavy (non-hydrogen) atoms. The van der Waals surface area contributed by atoms with Crippen LogP contribution in [0.5, 0.6) is 0 Å². The molecule has 1 rings (SSSR count). The fourth-order valence-corrected chi connectivity index (χ4v) is 0.756. The smallest absolute Gasteiger partial charge is 0.368 e. The molecule has 72 valence electrons. The van der Waals surface area contributed by atoms with Crippen molar-refractivity contribution in [1.82, 2.24) is 0 Å². The number of rotatable bonds is 0. The maximum absolute atomic E-state index is 12.2. The van der Waals surface area contributed by atoms with Crippen molar-refractivity contribution in [2.24, 2.45) is 0 Å². The van der Waals surface area contributed by atoms with Crippen molar-refractivity contribution in [3.05, 3.63) is 0 Å². The summed E-state index contributed by atoms with van der Waals surface area (Å²) in [6.45, 7) is -3.34. The normalized spacial score (nSPS) is 31.5. The van der Waals surface area contributed by atoms with Crippen LogP contribution in [0.2, 0.25) is 0 Å². The Kier molecular flexibility index (Phi) is 1.82. The number of ether oxygens (including phenoxy) is 1. The summed E-state index contributed by atoms with van der Waals surface area (Å²) in [5.74, 6) is -14.9. The van der Waals surface area contributed by atoms with Gasteiger partial charge in [0.25, 0.3) is 0 Å². The molecule has 0 N–H and O–H groups in total. The van der Waals surface area contributed by atoms with Gasteiger partial charge in [-0.15, -0.1) is 0 Å². The van der Waals surface area contributed by atoms with Crippen molar-refractivity contribution in [2.75, 3.05) is 13.2 Å². The zero-order chi connectivity index (χ0) is 9.62. The number of hydrogen-bond acceptors (Lipinski definition) is 1. The van der Waals surface area contributed by atoms with Crippen molar-refractivity contribution in [1.29, 1.82) is 0 Å². The maximum Gasteiger partial charge on any atom is 0.376 e. The summed E-state index contributed by atoms with van der Waals surface area (Å²) in [6.07, 6.45) is 0. The molecule has 0 unspecified atom stereocenters. The molecule has 0 spiro atoms. The van der Waals surface area contributed by atoms with Crippen LogP contribution in [-0.2, 0) is 4.74 Å². The molecular weight excluding hydrogens is 190 g/mol. The fraction of sp³-hybridized carbons (Fsp3) is 1.00. The third-order valence-corrected chi connectivity index (χ3v) is 1.49. The van der Waals surface area contributed by atoms with Gasteiger partial charge in [0.2, 0.25) is 0 Å². The van der Waals surface area contributed by atoms with Crippen LogP contribution in [0.15, 0.2) is 0 Å². The average molecular weight is 194 g/mol. The van der Waals surface area contributed by atoms with Crippen LogP contribution in [0.1, 0.15) is 0 Å². The van der Waals surface area contributed by atoms with E-state index in [1.54, 1.807) is 0 Å². The van der Waals surface area contributed by atoms with E-state index in [0.717, 1.165) is 0 Å². The van der Waals surface area contributed by atoms with Gasteiger partial charge in [0.1, 0.15) is 13.2 Å². The van der Waals surface area contributed by atoms with Crippen LogP contribution in [0.4, 0.5) is 26.3 Å². The van der Waals surface area contributed by atoms with Gasteiger partial charge in [-0.3, -0.25) is 0 Å². The van der Waals surface area contributed by atoms with E-state index in [2.05, 4.69) is 4.74 Å². The molecule has 1 nitrogen and oxygen atoms in total. The van der Waals surface area contributed by atoms with E-state index in [4.69, 9.17) is 0 Å². The van der Waals surface area contributed by atoms with E-state index in [-0.39, 0.29) is 0 Å². The molecule has 0 atom stereocenters. The van der Waals surface area contributed by atoms with Crippen molar-refractivity contribution in [3.8, 4) is 0 Å². The summed E-state index contributed by atoms with van der Waals surface area (Å²) in [6, 6.07) is 0. The van der Waals surface area contributed by atoms with E-state index in [9.17, 15) is 26.3 Å². The average Bonchev–Trinajstić information content (AvgIpc) is 1.83. The van der Waals surface area contributed by atoms with Crippen LogP contribution >= 0.6 is 0 Å². The van der Waals surface area contributed by atoms with Crippen LogP contribution < -0.4 is 0 Å². The highest BCUT2D eigenvalue weighted by atomic mass is 19.3. The van der Waals surface area contributed by atoms with Crippen molar-refractivity contribution < 1.29 is 31.1 Å². The van der Waals surface area contributed by atoms with E-state index in [1.165, 1.54) is 0 Å². The first-order chi connectivity index (χ1) is 5.21. The van der Waals surface area contributed by atoms with E-state index in [1.807, 2.05) is 0 Å². The van der Waals surface area contributed by atoms with Crippen molar-refractivity contribution in [3.63, 3.8) is 0 Å². The highest BCUT2D eigenvalue weighted by Gasteiger charge is 2.74. The van der Waals surface area contributed by atoms with Gasteiger partial charge in [-0.25, -0.2) is 0 Å². The zero-order valence-corrected chi connectivity index (χ0v) is 5.59. The predicted octanol–water partition coefficient (Wildman–Crippen LogP) is 1.92. The van der Waals surface area contributed by atoms with Gasteiger partial charge >= 0.3 is 17.8 Å². The molecule has 0 aliphatic carbocycles. The summed E-state index contributed by atoms with van der Waals surface area (Å²) < 4.78 is 76.5. The second-order valence-electron chi connectivity index (χ2n) is 2.48. The molecule has 0 saturated carbocycles. The Morgan fingerprint density at radius 1 is 0.750 bits per heavy atom. The van der Waals surface area contributed by atoms with Gasteiger partial charge in [-0.05, 0) is 0 Å². The first-order valence-corrected chi connectivity index (χ1v) is 2.92. The lowest BCUT2D eigenvalue weighted by molar-refractivity contribution is -0.360. The molecule has 1 aliphatic rings. The van der Waals surface area contributed by atoms with Crippen LogP contribution in [0.25, 0.3) is 0 Å². The van der Waals surface area contributed by atoms with E-state index >= 15 is 0 Å². The second kappa shape index (κ2) is 2.27. The fourth-order valence-electron chi connectivity index (χ4n) is 0.756. The molecule has 1 fully saturated rings. The minimum Gasteiger partial charge on any atom is -0.368 e. The van der Waals surface area contributed by atoms with Gasteiger partial charge in [0.05, 0.1) is 0 Å². The summed E-state index contributed by atoms with van der Waals surface area (Å²) in [5.41, 5.74) is 0. The number of halogens is 6. The lowest BCUT2D eigenvalue weighted by Crippen LogP contribution is -2.62. The zero-order valence-electron chi connectivity index (χ0n) is 5.59. The van der Waals surface area contributed by atoms with Crippen molar-refractivity contribution in [2.45, 2.75) is 17.8 Å². The third-order valence-electron chi connectivity index (χ3n) is 1.49. The molecule has 0 amide bonds. The lowest BCUT2D eigenvalue weighted by atomic mass is 10.0. The first-order valence-electron chi connectivity index (χ1n) is 2.92. The largest absolute Gasteiger partial charge is 0.376 e. The minimum atomic E-state index is -5.32. The standard InChI is InChI=1S/C5H4F6O/c6-3(7)1-12-2-4(8,9)5(3,10)11/h1-2H2. The van der Waals surface area contributed by atoms with Crippen molar-refractivity contribution >= 4 is 0 Å². The molecule has 0 aromatic heterocycles. The maximum atomic E-state index is 12.2. The van der Waals surface area contributed by atoms with E-state index < -0.39 is 31.0 Å². The molecule has 0 aromatic rings. The van der Waals surface area contributed by atoms with Crippen LogP contribution in [0, 0.1) is 0 Å². The Morgan fingerprint density at radius 2 is 1.08 bits per heavy atom. The Balaban J connectivity index is 2.99. The molecule has 1 aliphatic heterocycles. The van der Waals surface area contributed by atoms with Gasteiger partial charge in [0, 0.05) is 0 Å². The minimum absolute atomic E-state index is 1.67. The SMILES string of the molecule is FC1(F)COCC(F)(F)C1(F)F. The molecule has 0 aromatic carbocycles. The highest BCUT2D eigenvalue weighted by molar-refractivity contribution is 4.99. The summed E-state index contributed by atoms with van der Waals surface area (Å²) in [4.78, 5) is 0. The molecule has 7 heteroatoms. The van der Waals surface area contributed by atoms with Crippen LogP contribution in [0.3, 0.4) is 0 Å². The quantitative estimate of drug-likeness (QED) is 0.535. The number of hydrogen-bond donors (Lipinski definition) is 0. The number of alkyl halides is 6. The van der Waals surface area contributed by atoms with Gasteiger partial charge in [-0.1, -0.05) is 0 Å². The Morgan fingerprint density at radius 3 is 1.33 bits per heavy atom. The first kappa shape index (κ1) is 9.63. The second-order valence-corrected chi connectivity index (χ2v) is 2.48. The van der Waals surface area contributed by atoms with E-state index in [0.29, 0.717) is 0 Å². The molecular formula is C5H4F6O. The third kappa shape index (κ3) is 1.07. The molecule has 0 bridgehead atoms. The Labute approximate surface area is 63.3 Å². The monoisotopic (exact) mass is 194 g/mol. The lowest BCUT2D eigenvalue weighted by Gasteiger charge is -2.36. The molecule has 1 heterocycles. The highest BCUT2D eigenvalue weighted by Crippen LogP contribution is 2.48. The Hall–Kier alpha value is -0.460. The predicted molar refractivity (Wildman–Crippen MR) is 25.7 cm³/mol. The Bertz CT molecular complexity index is 170. The molecule has 1 saturated heterocycles. The topological polar surface area (TPSA) is 9.23 Å².